The Hall–Kier alpha value is -1.86. The predicted molar refractivity (Wildman–Crippen MR) is 106 cm³/mol. The van der Waals surface area contributed by atoms with Crippen molar-refractivity contribution in [1.82, 2.24) is 0 Å². The van der Waals surface area contributed by atoms with E-state index in [1.54, 1.807) is 0 Å². The van der Waals surface area contributed by atoms with Crippen LogP contribution in [0.4, 0.5) is 0 Å². The number of benzene rings is 3. The van der Waals surface area contributed by atoms with Crippen molar-refractivity contribution in [2.75, 3.05) is 0 Å². The number of fused-ring (bicyclic) bond motifs is 4. The maximum absolute atomic E-state index is 3.30. The molecule has 122 valence electrons. The van der Waals surface area contributed by atoms with Crippen LogP contribution in [0.1, 0.15) is 11.1 Å². The summed E-state index contributed by atoms with van der Waals surface area (Å²) < 4.78 is 0. The van der Waals surface area contributed by atoms with Crippen LogP contribution in [0.2, 0.25) is 0 Å². The number of hydrogen-bond acceptors (Lipinski definition) is 0. The summed E-state index contributed by atoms with van der Waals surface area (Å²) in [4.78, 5) is 0. The van der Waals surface area contributed by atoms with Crippen LogP contribution in [0.25, 0.3) is 21.9 Å². The Morgan fingerprint density at radius 2 is 1.48 bits per heavy atom. The molecule has 1 heteroatoms. The number of hydrogen-bond donors (Lipinski definition) is 0. The third kappa shape index (κ3) is 4.41. The Kier molecular flexibility index (Phi) is 8.12. The number of rotatable bonds is 0. The van der Waals surface area contributed by atoms with Gasteiger partial charge in [0.25, 0.3) is 0 Å². The molecule has 5 rings (SSSR count). The first kappa shape index (κ1) is 21.2. The van der Waals surface area contributed by atoms with Gasteiger partial charge >= 0.3 is 25.8 Å². The molecule has 1 aliphatic rings. The van der Waals surface area contributed by atoms with Gasteiger partial charge in [0.15, 0.2) is 0 Å². The topological polar surface area (TPSA) is 0 Å². The van der Waals surface area contributed by atoms with Gasteiger partial charge in [0, 0.05) is 0 Å². The second-order valence-corrected chi connectivity index (χ2v) is 5.55. The SMILES string of the molecule is [CH3-].[CH3-].[Hf+4].[c-]1cccc2c1Cc1ccccc1-2.c1ccc2[cH-]ccc2c1. The first-order chi connectivity index (χ1) is 10.9. The van der Waals surface area contributed by atoms with E-state index in [1.807, 2.05) is 6.07 Å². The Balaban J connectivity index is 0.000000234. The largest absolute Gasteiger partial charge is 4.00 e. The molecule has 0 amide bonds. The molecule has 0 fully saturated rings. The second-order valence-electron chi connectivity index (χ2n) is 5.55. The molecule has 0 bridgehead atoms. The summed E-state index contributed by atoms with van der Waals surface area (Å²) in [6.07, 6.45) is 1.05. The van der Waals surface area contributed by atoms with Crippen LogP contribution >= 0.6 is 0 Å². The molecule has 4 aromatic carbocycles. The van der Waals surface area contributed by atoms with Crippen molar-refractivity contribution in [2.24, 2.45) is 0 Å². The fourth-order valence-electron chi connectivity index (χ4n) is 3.07. The fraction of sp³-hybridized carbons (Fsp3) is 0.0417. The summed E-state index contributed by atoms with van der Waals surface area (Å²) in [6, 6.07) is 32.8. The van der Waals surface area contributed by atoms with E-state index in [2.05, 4.69) is 84.9 Å². The zero-order valence-electron chi connectivity index (χ0n) is 14.8. The van der Waals surface area contributed by atoms with Crippen molar-refractivity contribution in [3.63, 3.8) is 0 Å². The summed E-state index contributed by atoms with van der Waals surface area (Å²) >= 11 is 0. The van der Waals surface area contributed by atoms with Gasteiger partial charge in [0.1, 0.15) is 0 Å². The van der Waals surface area contributed by atoms with Crippen molar-refractivity contribution in [1.29, 1.82) is 0 Å². The molecule has 0 heterocycles. The Morgan fingerprint density at radius 1 is 0.760 bits per heavy atom. The maximum atomic E-state index is 3.30. The van der Waals surface area contributed by atoms with Crippen LogP contribution < -0.4 is 0 Å². The van der Waals surface area contributed by atoms with Crippen LogP contribution in [0, 0.1) is 20.9 Å². The zero-order valence-corrected chi connectivity index (χ0v) is 18.4. The molecule has 1 aliphatic carbocycles. The van der Waals surface area contributed by atoms with E-state index in [9.17, 15) is 0 Å². The molecule has 0 unspecified atom stereocenters. The van der Waals surface area contributed by atoms with Gasteiger partial charge in [-0.3, -0.25) is 0 Å². The molecule has 0 N–H and O–H groups in total. The monoisotopic (exact) mass is 490 g/mol. The van der Waals surface area contributed by atoms with Crippen LogP contribution in [-0.2, 0) is 32.3 Å². The summed E-state index contributed by atoms with van der Waals surface area (Å²) in [5.74, 6) is 0. The van der Waals surface area contributed by atoms with Gasteiger partial charge in [-0.25, -0.2) is 0 Å². The van der Waals surface area contributed by atoms with Crippen LogP contribution in [0.15, 0.2) is 84.9 Å². The molecule has 0 spiro atoms. The van der Waals surface area contributed by atoms with Crippen LogP contribution in [0.5, 0.6) is 0 Å². The van der Waals surface area contributed by atoms with Gasteiger partial charge in [-0.1, -0.05) is 41.5 Å². The van der Waals surface area contributed by atoms with Gasteiger partial charge in [0.05, 0.1) is 0 Å². The van der Waals surface area contributed by atoms with Crippen molar-refractivity contribution >= 4 is 10.8 Å². The van der Waals surface area contributed by atoms with Gasteiger partial charge in [-0.05, 0) is 6.42 Å². The van der Waals surface area contributed by atoms with Crippen LogP contribution in [0.3, 0.4) is 0 Å². The van der Waals surface area contributed by atoms with Gasteiger partial charge in [0.2, 0.25) is 0 Å². The first-order valence-corrected chi connectivity index (χ1v) is 7.60. The summed E-state index contributed by atoms with van der Waals surface area (Å²) in [7, 11) is 0. The quantitative estimate of drug-likeness (QED) is 0.172. The molecule has 4 aromatic rings. The Labute approximate surface area is 170 Å². The van der Waals surface area contributed by atoms with Crippen molar-refractivity contribution in [3.8, 4) is 11.1 Å². The predicted octanol–water partition coefficient (Wildman–Crippen LogP) is 6.51. The van der Waals surface area contributed by atoms with E-state index in [0.717, 1.165) is 6.42 Å². The van der Waals surface area contributed by atoms with E-state index < -0.39 is 0 Å². The molecule has 0 radical (unpaired) electrons. The summed E-state index contributed by atoms with van der Waals surface area (Å²) in [6.45, 7) is 0. The standard InChI is InChI=1S/C13H9.C9H7.2CH3.Hf/c1-3-7-12-10(5-1)9-11-6-2-4-8-13(11)12;1-2-5-9-7-3-6-8(9)4-1;;;/h1-5,7-8H,9H2;1-7H;2*1H3;/q4*-1;+4. The van der Waals surface area contributed by atoms with E-state index in [1.165, 1.54) is 33.0 Å². The van der Waals surface area contributed by atoms with Gasteiger partial charge in [-0.2, -0.15) is 47.3 Å². The maximum Gasteiger partial charge on any atom is 4.00 e. The van der Waals surface area contributed by atoms with Crippen molar-refractivity contribution in [2.45, 2.75) is 6.42 Å². The Bertz CT molecular complexity index is 844. The van der Waals surface area contributed by atoms with Gasteiger partial charge in [-0.15, -0.1) is 35.2 Å². The minimum absolute atomic E-state index is 0. The molecular formula is C24H22Hf. The molecule has 0 saturated heterocycles. The normalized spacial score (nSPS) is 10.1. The first-order valence-electron chi connectivity index (χ1n) is 7.60. The minimum atomic E-state index is 0. The molecular weight excluding hydrogens is 467 g/mol. The summed E-state index contributed by atoms with van der Waals surface area (Å²) in [5.41, 5.74) is 5.51. The molecule has 25 heavy (non-hydrogen) atoms. The third-order valence-corrected chi connectivity index (χ3v) is 4.16. The third-order valence-electron chi connectivity index (χ3n) is 4.16. The zero-order chi connectivity index (χ0) is 14.8. The van der Waals surface area contributed by atoms with Crippen molar-refractivity contribution < 1.29 is 25.8 Å². The van der Waals surface area contributed by atoms with Crippen LogP contribution in [-0.4, -0.2) is 0 Å². The molecule has 0 aromatic heterocycles. The average molecular weight is 489 g/mol. The molecule has 0 atom stereocenters. The minimum Gasteiger partial charge on any atom is -0.358 e. The average Bonchev–Trinajstić information content (AvgIpc) is 3.19. The molecule has 0 nitrogen and oxygen atoms in total. The Morgan fingerprint density at radius 3 is 2.32 bits per heavy atom. The van der Waals surface area contributed by atoms with E-state index in [-0.39, 0.29) is 40.7 Å². The van der Waals surface area contributed by atoms with Crippen molar-refractivity contribution in [3.05, 3.63) is 117 Å². The smallest absolute Gasteiger partial charge is 0.358 e. The van der Waals surface area contributed by atoms with E-state index >= 15 is 0 Å². The summed E-state index contributed by atoms with van der Waals surface area (Å²) in [5, 5.41) is 2.66. The van der Waals surface area contributed by atoms with E-state index in [4.69, 9.17) is 0 Å². The molecule has 0 aliphatic heterocycles. The molecule has 0 saturated carbocycles. The fourth-order valence-corrected chi connectivity index (χ4v) is 3.07. The van der Waals surface area contributed by atoms with E-state index in [0.29, 0.717) is 0 Å². The second kappa shape index (κ2) is 9.58. The van der Waals surface area contributed by atoms with Gasteiger partial charge < -0.3 is 14.9 Å².